The standard InChI is InChI=1S/C15H16N4O3S/c1-23-15-16-7-11-9-18(5-4-13(11)17-15)8-10-6-12(19(21)22)2-3-14(10)20/h2-3,6-7,20H,4-5,8-9H2,1H3. The van der Waals surface area contributed by atoms with Gasteiger partial charge in [-0.2, -0.15) is 0 Å². The van der Waals surface area contributed by atoms with Gasteiger partial charge in [-0.25, -0.2) is 9.97 Å². The fourth-order valence-electron chi connectivity index (χ4n) is 2.64. The highest BCUT2D eigenvalue weighted by molar-refractivity contribution is 7.98. The summed E-state index contributed by atoms with van der Waals surface area (Å²) < 4.78 is 0. The van der Waals surface area contributed by atoms with Crippen LogP contribution in [0.2, 0.25) is 0 Å². The molecule has 2 aromatic rings. The number of aromatic nitrogens is 2. The van der Waals surface area contributed by atoms with E-state index in [2.05, 4.69) is 14.9 Å². The second-order valence-corrected chi connectivity index (χ2v) is 6.13. The molecule has 0 fully saturated rings. The Morgan fingerprint density at radius 1 is 1.48 bits per heavy atom. The Morgan fingerprint density at radius 3 is 3.04 bits per heavy atom. The van der Waals surface area contributed by atoms with E-state index in [0.29, 0.717) is 18.7 Å². The molecule has 2 heterocycles. The largest absolute Gasteiger partial charge is 0.508 e. The predicted molar refractivity (Wildman–Crippen MR) is 86.4 cm³/mol. The summed E-state index contributed by atoms with van der Waals surface area (Å²) in [6.45, 7) is 1.92. The predicted octanol–water partition coefficient (Wildman–Crippen LogP) is 2.37. The van der Waals surface area contributed by atoms with E-state index in [9.17, 15) is 15.2 Å². The number of non-ortho nitro benzene ring substituents is 1. The summed E-state index contributed by atoms with van der Waals surface area (Å²) >= 11 is 1.52. The lowest BCUT2D eigenvalue weighted by Gasteiger charge is -2.28. The van der Waals surface area contributed by atoms with Gasteiger partial charge in [0.05, 0.1) is 10.6 Å². The molecule has 7 nitrogen and oxygen atoms in total. The SMILES string of the molecule is CSc1ncc2c(n1)CCN(Cc1cc([N+](=O)[O-])ccc1O)C2. The summed E-state index contributed by atoms with van der Waals surface area (Å²) in [6, 6.07) is 4.11. The fourth-order valence-corrected chi connectivity index (χ4v) is 3.00. The van der Waals surface area contributed by atoms with Crippen LogP contribution in [-0.4, -0.2) is 37.7 Å². The van der Waals surface area contributed by atoms with E-state index in [0.717, 1.165) is 29.4 Å². The van der Waals surface area contributed by atoms with Gasteiger partial charge in [-0.05, 0) is 12.3 Å². The van der Waals surface area contributed by atoms with Gasteiger partial charge in [-0.3, -0.25) is 15.0 Å². The van der Waals surface area contributed by atoms with E-state index in [1.165, 1.54) is 30.0 Å². The normalized spacial score (nSPS) is 14.5. The van der Waals surface area contributed by atoms with Crippen LogP contribution < -0.4 is 0 Å². The zero-order valence-corrected chi connectivity index (χ0v) is 13.4. The number of fused-ring (bicyclic) bond motifs is 1. The maximum absolute atomic E-state index is 10.9. The minimum atomic E-state index is -0.452. The summed E-state index contributed by atoms with van der Waals surface area (Å²) in [7, 11) is 0. The van der Waals surface area contributed by atoms with Crippen molar-refractivity contribution < 1.29 is 10.0 Å². The van der Waals surface area contributed by atoms with E-state index in [4.69, 9.17) is 0 Å². The highest BCUT2D eigenvalue weighted by atomic mass is 32.2. The van der Waals surface area contributed by atoms with Crippen LogP contribution in [0.15, 0.2) is 29.6 Å². The zero-order chi connectivity index (χ0) is 16.4. The van der Waals surface area contributed by atoms with Crippen molar-refractivity contribution in [3.63, 3.8) is 0 Å². The average Bonchev–Trinajstić information content (AvgIpc) is 2.56. The topological polar surface area (TPSA) is 92.4 Å². The number of benzene rings is 1. The van der Waals surface area contributed by atoms with Crippen molar-refractivity contribution in [2.24, 2.45) is 0 Å². The van der Waals surface area contributed by atoms with Crippen LogP contribution >= 0.6 is 11.8 Å². The molecule has 23 heavy (non-hydrogen) atoms. The van der Waals surface area contributed by atoms with E-state index < -0.39 is 4.92 Å². The van der Waals surface area contributed by atoms with Gasteiger partial charge in [0.1, 0.15) is 5.75 Å². The highest BCUT2D eigenvalue weighted by Crippen LogP contribution is 2.26. The van der Waals surface area contributed by atoms with Crippen LogP contribution in [0.25, 0.3) is 0 Å². The number of nitro benzene ring substituents is 1. The van der Waals surface area contributed by atoms with Crippen molar-refractivity contribution in [1.29, 1.82) is 0 Å². The average molecular weight is 332 g/mol. The minimum Gasteiger partial charge on any atom is -0.508 e. The second-order valence-electron chi connectivity index (χ2n) is 5.36. The highest BCUT2D eigenvalue weighted by Gasteiger charge is 2.20. The summed E-state index contributed by atoms with van der Waals surface area (Å²) in [5.41, 5.74) is 2.68. The van der Waals surface area contributed by atoms with Crippen molar-refractivity contribution in [2.45, 2.75) is 24.7 Å². The molecule has 0 spiro atoms. The minimum absolute atomic E-state index is 0.0110. The molecule has 1 aromatic heterocycles. The molecule has 120 valence electrons. The molecule has 0 radical (unpaired) electrons. The first kappa shape index (κ1) is 15.7. The molecule has 1 aromatic carbocycles. The molecule has 1 N–H and O–H groups in total. The Kier molecular flexibility index (Phi) is 4.44. The van der Waals surface area contributed by atoms with Gasteiger partial charge in [0.25, 0.3) is 5.69 Å². The summed E-state index contributed by atoms with van der Waals surface area (Å²) in [6.07, 6.45) is 4.59. The van der Waals surface area contributed by atoms with Gasteiger partial charge in [0, 0.05) is 55.5 Å². The van der Waals surface area contributed by atoms with E-state index in [1.807, 2.05) is 12.5 Å². The summed E-state index contributed by atoms with van der Waals surface area (Å²) in [4.78, 5) is 21.4. The molecule has 0 unspecified atom stereocenters. The maximum Gasteiger partial charge on any atom is 0.270 e. The number of thioether (sulfide) groups is 1. The third kappa shape index (κ3) is 3.43. The fraction of sp³-hybridized carbons (Fsp3) is 0.333. The molecular formula is C15H16N4O3S. The smallest absolute Gasteiger partial charge is 0.270 e. The third-order valence-electron chi connectivity index (χ3n) is 3.84. The number of aromatic hydroxyl groups is 1. The van der Waals surface area contributed by atoms with Crippen LogP contribution in [0, 0.1) is 10.1 Å². The monoisotopic (exact) mass is 332 g/mol. The summed E-state index contributed by atoms with van der Waals surface area (Å²) in [5, 5.41) is 21.6. The number of phenolic OH excluding ortho intramolecular Hbond substituents is 1. The van der Waals surface area contributed by atoms with Gasteiger partial charge < -0.3 is 5.11 Å². The van der Waals surface area contributed by atoms with Crippen LogP contribution in [0.1, 0.15) is 16.8 Å². The van der Waals surface area contributed by atoms with Crippen molar-refractivity contribution in [3.05, 3.63) is 51.3 Å². The summed E-state index contributed by atoms with van der Waals surface area (Å²) in [5.74, 6) is 0.0791. The molecule has 0 saturated carbocycles. The number of hydrogen-bond donors (Lipinski definition) is 1. The maximum atomic E-state index is 10.9. The van der Waals surface area contributed by atoms with Crippen molar-refractivity contribution in [2.75, 3.05) is 12.8 Å². The van der Waals surface area contributed by atoms with Crippen LogP contribution in [0.3, 0.4) is 0 Å². The first-order valence-electron chi connectivity index (χ1n) is 7.14. The van der Waals surface area contributed by atoms with Crippen LogP contribution in [0.5, 0.6) is 5.75 Å². The lowest BCUT2D eigenvalue weighted by molar-refractivity contribution is -0.385. The molecule has 1 aliphatic heterocycles. The van der Waals surface area contributed by atoms with Gasteiger partial charge in [0.2, 0.25) is 0 Å². The van der Waals surface area contributed by atoms with Gasteiger partial charge in [0.15, 0.2) is 5.16 Å². The Balaban J connectivity index is 1.77. The van der Waals surface area contributed by atoms with Crippen LogP contribution in [-0.2, 0) is 19.5 Å². The quantitative estimate of drug-likeness (QED) is 0.398. The van der Waals surface area contributed by atoms with Crippen molar-refractivity contribution in [3.8, 4) is 5.75 Å². The first-order valence-corrected chi connectivity index (χ1v) is 8.36. The lowest BCUT2D eigenvalue weighted by Crippen LogP contribution is -2.31. The van der Waals surface area contributed by atoms with Gasteiger partial charge in [-0.15, -0.1) is 0 Å². The van der Waals surface area contributed by atoms with Crippen molar-refractivity contribution in [1.82, 2.24) is 14.9 Å². The van der Waals surface area contributed by atoms with Gasteiger partial charge >= 0.3 is 0 Å². The Bertz CT molecular complexity index is 753. The molecule has 8 heteroatoms. The number of hydrogen-bond acceptors (Lipinski definition) is 7. The Labute approximate surface area is 137 Å². The molecule has 0 aliphatic carbocycles. The van der Waals surface area contributed by atoms with E-state index in [1.54, 1.807) is 0 Å². The second kappa shape index (κ2) is 6.51. The van der Waals surface area contributed by atoms with E-state index in [-0.39, 0.29) is 11.4 Å². The molecule has 0 amide bonds. The first-order chi connectivity index (χ1) is 11.1. The number of nitro groups is 1. The molecule has 0 atom stereocenters. The Morgan fingerprint density at radius 2 is 2.30 bits per heavy atom. The number of rotatable bonds is 4. The molecular weight excluding hydrogens is 316 g/mol. The number of phenols is 1. The molecule has 0 saturated heterocycles. The number of nitrogens with zero attached hydrogens (tertiary/aromatic N) is 4. The third-order valence-corrected chi connectivity index (χ3v) is 4.40. The van der Waals surface area contributed by atoms with E-state index >= 15 is 0 Å². The zero-order valence-electron chi connectivity index (χ0n) is 12.6. The molecule has 0 bridgehead atoms. The Hall–Kier alpha value is -2.19. The van der Waals surface area contributed by atoms with Crippen LogP contribution in [0.4, 0.5) is 5.69 Å². The lowest BCUT2D eigenvalue weighted by atomic mass is 10.1. The molecule has 3 rings (SSSR count). The van der Waals surface area contributed by atoms with Crippen molar-refractivity contribution >= 4 is 17.4 Å². The molecule has 1 aliphatic rings. The van der Waals surface area contributed by atoms with Gasteiger partial charge in [-0.1, -0.05) is 11.8 Å².